The van der Waals surface area contributed by atoms with Gasteiger partial charge in [0.1, 0.15) is 11.5 Å². The summed E-state index contributed by atoms with van der Waals surface area (Å²) < 4.78 is 11.5. The van der Waals surface area contributed by atoms with Crippen LogP contribution < -0.4 is 9.31 Å². The minimum absolute atomic E-state index is 0.239. The lowest BCUT2D eigenvalue weighted by Gasteiger charge is -2.12. The van der Waals surface area contributed by atoms with E-state index in [9.17, 15) is 0 Å². The van der Waals surface area contributed by atoms with Gasteiger partial charge in [-0.05, 0) is 72.2 Å². The smallest absolute Gasteiger partial charge is 0.529 e. The van der Waals surface area contributed by atoms with Crippen molar-refractivity contribution in [3.8, 4) is 11.5 Å². The summed E-state index contributed by atoms with van der Waals surface area (Å²) in [5.74, 6) is 1.75. The monoisotopic (exact) mass is 310 g/mol. The van der Waals surface area contributed by atoms with Gasteiger partial charge in [0.05, 0.1) is 0 Å². The fraction of sp³-hybridized carbons (Fsp3) is 0.400. The molecule has 2 aromatic rings. The molecule has 0 heterocycles. The first-order valence-electron chi connectivity index (χ1n) is 8.70. The van der Waals surface area contributed by atoms with Crippen LogP contribution >= 0.6 is 0 Å². The van der Waals surface area contributed by atoms with Crippen LogP contribution in [0.1, 0.15) is 49.9 Å². The van der Waals surface area contributed by atoms with Crippen molar-refractivity contribution in [2.24, 2.45) is 0 Å². The van der Waals surface area contributed by atoms with Gasteiger partial charge in [-0.2, -0.15) is 0 Å². The van der Waals surface area contributed by atoms with E-state index in [2.05, 4.69) is 52.0 Å². The van der Waals surface area contributed by atoms with Crippen LogP contribution in [-0.4, -0.2) is 7.69 Å². The molecular formula is C20H27BO2. The molecule has 23 heavy (non-hydrogen) atoms. The van der Waals surface area contributed by atoms with Gasteiger partial charge >= 0.3 is 7.69 Å². The van der Waals surface area contributed by atoms with Crippen LogP contribution in [-0.2, 0) is 25.7 Å². The van der Waals surface area contributed by atoms with Crippen LogP contribution in [0.2, 0.25) is 0 Å². The number of hydrogen-bond acceptors (Lipinski definition) is 2. The van der Waals surface area contributed by atoms with Crippen LogP contribution in [0, 0.1) is 0 Å². The van der Waals surface area contributed by atoms with Crippen molar-refractivity contribution < 1.29 is 9.31 Å². The minimum Gasteiger partial charge on any atom is -0.529 e. The molecule has 0 saturated heterocycles. The van der Waals surface area contributed by atoms with Crippen LogP contribution in [0.3, 0.4) is 0 Å². The second-order valence-electron chi connectivity index (χ2n) is 5.68. The molecule has 0 aliphatic heterocycles. The normalized spacial score (nSPS) is 10.4. The minimum atomic E-state index is 0.239. The van der Waals surface area contributed by atoms with Gasteiger partial charge in [0.15, 0.2) is 0 Å². The standard InChI is InChI=1S/C20H27BO2/c1-5-15-9-11-19(13-17(15)7-3)22-21-23-20-12-10-16(6-2)18(8-4)14-20/h9-14,21H,5-8H2,1-4H3. The quantitative estimate of drug-likeness (QED) is 0.660. The summed E-state index contributed by atoms with van der Waals surface area (Å²) in [6, 6.07) is 12.6. The molecule has 0 atom stereocenters. The van der Waals surface area contributed by atoms with Gasteiger partial charge in [0.25, 0.3) is 0 Å². The topological polar surface area (TPSA) is 18.5 Å². The lowest BCUT2D eigenvalue weighted by atomic mass is 10.0. The van der Waals surface area contributed by atoms with Crippen molar-refractivity contribution in [1.29, 1.82) is 0 Å². The third-order valence-electron chi connectivity index (χ3n) is 4.33. The number of benzene rings is 2. The summed E-state index contributed by atoms with van der Waals surface area (Å²) in [6.07, 6.45) is 4.17. The van der Waals surface area contributed by atoms with Gasteiger partial charge in [-0.15, -0.1) is 0 Å². The lowest BCUT2D eigenvalue weighted by molar-refractivity contribution is 0.458. The molecule has 0 aliphatic carbocycles. The van der Waals surface area contributed by atoms with Gasteiger partial charge in [0, 0.05) is 0 Å². The van der Waals surface area contributed by atoms with Crippen molar-refractivity contribution in [3.63, 3.8) is 0 Å². The molecule has 0 aliphatic rings. The van der Waals surface area contributed by atoms with E-state index in [0.29, 0.717) is 0 Å². The third kappa shape index (κ3) is 4.54. The van der Waals surface area contributed by atoms with Gasteiger partial charge in [0.2, 0.25) is 0 Å². The second kappa shape index (κ2) is 8.66. The van der Waals surface area contributed by atoms with Crippen LogP contribution in [0.25, 0.3) is 0 Å². The van der Waals surface area contributed by atoms with Crippen molar-refractivity contribution in [2.45, 2.75) is 53.4 Å². The fourth-order valence-electron chi connectivity index (χ4n) is 2.90. The molecule has 0 N–H and O–H groups in total. The average Bonchev–Trinajstić information content (AvgIpc) is 2.61. The second-order valence-corrected chi connectivity index (χ2v) is 5.68. The van der Waals surface area contributed by atoms with E-state index in [4.69, 9.17) is 9.31 Å². The molecule has 0 radical (unpaired) electrons. The Morgan fingerprint density at radius 3 is 1.35 bits per heavy atom. The third-order valence-corrected chi connectivity index (χ3v) is 4.33. The molecule has 2 rings (SSSR count). The maximum atomic E-state index is 5.76. The Kier molecular flexibility index (Phi) is 6.58. The largest absolute Gasteiger partial charge is 0.576 e. The number of hydrogen-bond donors (Lipinski definition) is 0. The Hall–Kier alpha value is -1.90. The van der Waals surface area contributed by atoms with Gasteiger partial charge < -0.3 is 9.31 Å². The Morgan fingerprint density at radius 2 is 1.00 bits per heavy atom. The van der Waals surface area contributed by atoms with Crippen molar-refractivity contribution in [2.75, 3.05) is 0 Å². The molecule has 0 fully saturated rings. The van der Waals surface area contributed by atoms with Crippen molar-refractivity contribution >= 4 is 7.69 Å². The Bertz CT molecular complexity index is 582. The Morgan fingerprint density at radius 1 is 0.609 bits per heavy atom. The molecule has 0 unspecified atom stereocenters. The Labute approximate surface area is 141 Å². The van der Waals surface area contributed by atoms with E-state index < -0.39 is 0 Å². The van der Waals surface area contributed by atoms with E-state index in [1.54, 1.807) is 0 Å². The molecule has 2 nitrogen and oxygen atoms in total. The van der Waals surface area contributed by atoms with Crippen LogP contribution in [0.5, 0.6) is 11.5 Å². The molecule has 122 valence electrons. The highest BCUT2D eigenvalue weighted by molar-refractivity contribution is 6.20. The van der Waals surface area contributed by atoms with E-state index in [1.165, 1.54) is 22.3 Å². The predicted octanol–water partition coefficient (Wildman–Crippen LogP) is 4.66. The molecule has 0 saturated carbocycles. The van der Waals surface area contributed by atoms with Crippen LogP contribution in [0.15, 0.2) is 36.4 Å². The zero-order valence-electron chi connectivity index (χ0n) is 14.8. The first-order chi connectivity index (χ1) is 11.2. The number of aryl methyl sites for hydroxylation is 4. The fourth-order valence-corrected chi connectivity index (χ4v) is 2.90. The molecule has 0 bridgehead atoms. The first kappa shape index (κ1) is 17.5. The molecule has 0 amide bonds. The van der Waals surface area contributed by atoms with E-state index in [1.807, 2.05) is 12.1 Å². The predicted molar refractivity (Wildman–Crippen MR) is 98.8 cm³/mol. The van der Waals surface area contributed by atoms with E-state index in [0.717, 1.165) is 37.2 Å². The summed E-state index contributed by atoms with van der Waals surface area (Å²) >= 11 is 0. The lowest BCUT2D eigenvalue weighted by Crippen LogP contribution is -2.11. The average molecular weight is 310 g/mol. The SMILES string of the molecule is CCc1ccc(OBOc2ccc(CC)c(CC)c2)cc1CC. The maximum absolute atomic E-state index is 5.76. The molecular weight excluding hydrogens is 283 g/mol. The molecule has 2 aromatic carbocycles. The van der Waals surface area contributed by atoms with E-state index >= 15 is 0 Å². The summed E-state index contributed by atoms with van der Waals surface area (Å²) in [6.45, 7) is 8.72. The van der Waals surface area contributed by atoms with Crippen LogP contribution in [0.4, 0.5) is 0 Å². The number of rotatable bonds is 8. The highest BCUT2D eigenvalue weighted by Gasteiger charge is 2.06. The highest BCUT2D eigenvalue weighted by atomic mass is 16.6. The molecule has 0 spiro atoms. The first-order valence-corrected chi connectivity index (χ1v) is 8.70. The zero-order chi connectivity index (χ0) is 16.7. The summed E-state index contributed by atoms with van der Waals surface area (Å²) in [4.78, 5) is 0. The highest BCUT2D eigenvalue weighted by Crippen LogP contribution is 2.21. The summed E-state index contributed by atoms with van der Waals surface area (Å²) in [5, 5.41) is 0. The molecule has 0 aromatic heterocycles. The summed E-state index contributed by atoms with van der Waals surface area (Å²) in [5.41, 5.74) is 5.49. The van der Waals surface area contributed by atoms with E-state index in [-0.39, 0.29) is 7.69 Å². The van der Waals surface area contributed by atoms with Crippen molar-refractivity contribution in [1.82, 2.24) is 0 Å². The zero-order valence-corrected chi connectivity index (χ0v) is 14.8. The van der Waals surface area contributed by atoms with Crippen molar-refractivity contribution in [3.05, 3.63) is 58.7 Å². The maximum Gasteiger partial charge on any atom is 0.576 e. The molecule has 3 heteroatoms. The van der Waals surface area contributed by atoms with Gasteiger partial charge in [-0.25, -0.2) is 0 Å². The summed E-state index contributed by atoms with van der Waals surface area (Å²) in [7, 11) is 0.239. The van der Waals surface area contributed by atoms with Gasteiger partial charge in [-0.1, -0.05) is 39.8 Å². The van der Waals surface area contributed by atoms with Gasteiger partial charge in [-0.3, -0.25) is 0 Å². The Balaban J connectivity index is 1.97.